The minimum atomic E-state index is -0.866. The molecule has 0 amide bonds. The van der Waals surface area contributed by atoms with E-state index in [4.69, 9.17) is 9.84 Å². The van der Waals surface area contributed by atoms with Crippen LogP contribution in [0.15, 0.2) is 0 Å². The molecule has 2 unspecified atom stereocenters. The molecule has 0 aromatic heterocycles. The highest BCUT2D eigenvalue weighted by Gasteiger charge is 2.31. The highest BCUT2D eigenvalue weighted by molar-refractivity contribution is 5.76. The highest BCUT2D eigenvalue weighted by atomic mass is 16.6. The number of unbranched alkanes of at least 4 members (excludes halogenated alkanes) is 5. The van der Waals surface area contributed by atoms with Crippen LogP contribution in [-0.2, 0) is 9.53 Å². The number of carbonyl (C=O) groups excluding carboxylic acids is 1. The van der Waals surface area contributed by atoms with E-state index in [0.29, 0.717) is 6.42 Å². The molecule has 0 radical (unpaired) electrons. The molecule has 0 aromatic carbocycles. The summed E-state index contributed by atoms with van der Waals surface area (Å²) in [5.41, 5.74) is 0. The van der Waals surface area contributed by atoms with E-state index in [1.807, 2.05) is 0 Å². The van der Waals surface area contributed by atoms with Gasteiger partial charge in [-0.25, -0.2) is 4.79 Å². The standard InChI is InChI=1S/C12H22O3/c1-2-3-4-5-6-7-8-10-9-11(13)12(14)15-10/h10-11,13H,2-9H2,1H3. The molecular formula is C12H22O3. The molecule has 0 bridgehead atoms. The van der Waals surface area contributed by atoms with Gasteiger partial charge in [0.1, 0.15) is 6.10 Å². The number of hydrogen-bond acceptors (Lipinski definition) is 3. The first-order chi connectivity index (χ1) is 7.24. The van der Waals surface area contributed by atoms with Crippen LogP contribution in [0, 0.1) is 0 Å². The summed E-state index contributed by atoms with van der Waals surface area (Å²) in [5, 5.41) is 9.17. The third kappa shape index (κ3) is 4.65. The van der Waals surface area contributed by atoms with Crippen molar-refractivity contribution in [2.24, 2.45) is 0 Å². The molecule has 0 spiro atoms. The van der Waals surface area contributed by atoms with Crippen LogP contribution in [-0.4, -0.2) is 23.3 Å². The lowest BCUT2D eigenvalue weighted by Gasteiger charge is -2.07. The maximum absolute atomic E-state index is 10.9. The second-order valence-corrected chi connectivity index (χ2v) is 4.37. The Bertz CT molecular complexity index is 191. The molecule has 1 fully saturated rings. The van der Waals surface area contributed by atoms with E-state index in [0.717, 1.165) is 12.8 Å². The van der Waals surface area contributed by atoms with Crippen molar-refractivity contribution in [3.05, 3.63) is 0 Å². The van der Waals surface area contributed by atoms with E-state index in [1.165, 1.54) is 32.1 Å². The first kappa shape index (κ1) is 12.5. The van der Waals surface area contributed by atoms with Crippen LogP contribution in [0.1, 0.15) is 58.3 Å². The molecule has 0 aromatic rings. The molecular weight excluding hydrogens is 192 g/mol. The van der Waals surface area contributed by atoms with E-state index in [-0.39, 0.29) is 6.10 Å². The summed E-state index contributed by atoms with van der Waals surface area (Å²) in [6, 6.07) is 0. The minimum Gasteiger partial charge on any atom is -0.460 e. The molecule has 1 heterocycles. The second-order valence-electron chi connectivity index (χ2n) is 4.37. The molecule has 0 aliphatic carbocycles. The lowest BCUT2D eigenvalue weighted by atomic mass is 10.1. The van der Waals surface area contributed by atoms with Crippen LogP contribution >= 0.6 is 0 Å². The average Bonchev–Trinajstić information content (AvgIpc) is 2.52. The van der Waals surface area contributed by atoms with Crippen molar-refractivity contribution in [3.63, 3.8) is 0 Å². The zero-order chi connectivity index (χ0) is 11.1. The summed E-state index contributed by atoms with van der Waals surface area (Å²) in [4.78, 5) is 10.9. The lowest BCUT2D eigenvalue weighted by Crippen LogP contribution is -2.11. The fraction of sp³-hybridized carbons (Fsp3) is 0.917. The van der Waals surface area contributed by atoms with E-state index < -0.39 is 12.1 Å². The van der Waals surface area contributed by atoms with Gasteiger partial charge in [-0.15, -0.1) is 0 Å². The third-order valence-electron chi connectivity index (χ3n) is 2.92. The zero-order valence-corrected chi connectivity index (χ0v) is 9.58. The topological polar surface area (TPSA) is 46.5 Å². The smallest absolute Gasteiger partial charge is 0.335 e. The SMILES string of the molecule is CCCCCCCCC1CC(O)C(=O)O1. The normalized spacial score (nSPS) is 25.6. The van der Waals surface area contributed by atoms with Crippen molar-refractivity contribution in [2.45, 2.75) is 70.5 Å². The fourth-order valence-corrected chi connectivity index (χ4v) is 1.97. The molecule has 1 rings (SSSR count). The van der Waals surface area contributed by atoms with E-state index >= 15 is 0 Å². The van der Waals surface area contributed by atoms with Crippen LogP contribution in [0.25, 0.3) is 0 Å². The number of rotatable bonds is 7. The van der Waals surface area contributed by atoms with Crippen molar-refractivity contribution < 1.29 is 14.6 Å². The van der Waals surface area contributed by atoms with Crippen LogP contribution in [0.3, 0.4) is 0 Å². The quantitative estimate of drug-likeness (QED) is 0.523. The van der Waals surface area contributed by atoms with Crippen molar-refractivity contribution >= 4 is 5.97 Å². The Kier molecular flexibility index (Phi) is 5.69. The third-order valence-corrected chi connectivity index (χ3v) is 2.92. The number of ether oxygens (including phenoxy) is 1. The molecule has 1 saturated heterocycles. The second kappa shape index (κ2) is 6.83. The Balaban J connectivity index is 1.95. The van der Waals surface area contributed by atoms with Gasteiger partial charge < -0.3 is 9.84 Å². The summed E-state index contributed by atoms with van der Waals surface area (Å²) >= 11 is 0. The molecule has 3 heteroatoms. The zero-order valence-electron chi connectivity index (χ0n) is 9.58. The predicted octanol–water partition coefficient (Wildman–Crippen LogP) is 2.41. The number of aliphatic hydroxyl groups excluding tert-OH is 1. The largest absolute Gasteiger partial charge is 0.460 e. The Morgan fingerprint density at radius 3 is 2.53 bits per heavy atom. The molecule has 0 saturated carbocycles. The van der Waals surface area contributed by atoms with E-state index in [1.54, 1.807) is 0 Å². The van der Waals surface area contributed by atoms with Crippen molar-refractivity contribution in [3.8, 4) is 0 Å². The first-order valence-electron chi connectivity index (χ1n) is 6.12. The van der Waals surface area contributed by atoms with Crippen molar-refractivity contribution in [2.75, 3.05) is 0 Å². The molecule has 1 N–H and O–H groups in total. The van der Waals surface area contributed by atoms with E-state index in [9.17, 15) is 4.79 Å². The molecule has 15 heavy (non-hydrogen) atoms. The number of aliphatic hydroxyl groups is 1. The number of cyclic esters (lactones) is 1. The van der Waals surface area contributed by atoms with Crippen LogP contribution in [0.4, 0.5) is 0 Å². The van der Waals surface area contributed by atoms with Gasteiger partial charge in [-0.2, -0.15) is 0 Å². The summed E-state index contributed by atoms with van der Waals surface area (Å²) in [6.45, 7) is 2.21. The molecule has 2 atom stereocenters. The Morgan fingerprint density at radius 1 is 1.27 bits per heavy atom. The van der Waals surface area contributed by atoms with E-state index in [2.05, 4.69) is 6.92 Å². The molecule has 1 aliphatic heterocycles. The Hall–Kier alpha value is -0.570. The summed E-state index contributed by atoms with van der Waals surface area (Å²) in [5.74, 6) is -0.439. The van der Waals surface area contributed by atoms with Crippen LogP contribution in [0.5, 0.6) is 0 Å². The van der Waals surface area contributed by atoms with Gasteiger partial charge in [0.25, 0.3) is 0 Å². The van der Waals surface area contributed by atoms with Gasteiger partial charge in [0.2, 0.25) is 0 Å². The average molecular weight is 214 g/mol. The molecule has 3 nitrogen and oxygen atoms in total. The number of hydrogen-bond donors (Lipinski definition) is 1. The maximum atomic E-state index is 10.9. The number of esters is 1. The van der Waals surface area contributed by atoms with Crippen molar-refractivity contribution in [1.29, 1.82) is 0 Å². The Labute approximate surface area is 91.8 Å². The minimum absolute atomic E-state index is 0.0290. The van der Waals surface area contributed by atoms with Gasteiger partial charge in [-0.3, -0.25) is 0 Å². The van der Waals surface area contributed by atoms with Gasteiger partial charge in [-0.1, -0.05) is 39.0 Å². The summed E-state index contributed by atoms with van der Waals surface area (Å²) < 4.78 is 5.01. The van der Waals surface area contributed by atoms with Gasteiger partial charge in [-0.05, 0) is 12.8 Å². The lowest BCUT2D eigenvalue weighted by molar-refractivity contribution is -0.147. The molecule has 88 valence electrons. The van der Waals surface area contributed by atoms with Gasteiger partial charge >= 0.3 is 5.97 Å². The van der Waals surface area contributed by atoms with Crippen molar-refractivity contribution in [1.82, 2.24) is 0 Å². The van der Waals surface area contributed by atoms with Crippen LogP contribution < -0.4 is 0 Å². The van der Waals surface area contributed by atoms with Gasteiger partial charge in [0.05, 0.1) is 0 Å². The maximum Gasteiger partial charge on any atom is 0.335 e. The van der Waals surface area contributed by atoms with Crippen LogP contribution in [0.2, 0.25) is 0 Å². The van der Waals surface area contributed by atoms with Gasteiger partial charge in [0.15, 0.2) is 6.10 Å². The van der Waals surface area contributed by atoms with Gasteiger partial charge in [0, 0.05) is 6.42 Å². The first-order valence-corrected chi connectivity index (χ1v) is 6.12. The Morgan fingerprint density at radius 2 is 1.93 bits per heavy atom. The summed E-state index contributed by atoms with van der Waals surface area (Å²) in [7, 11) is 0. The predicted molar refractivity (Wildman–Crippen MR) is 58.5 cm³/mol. The monoisotopic (exact) mass is 214 g/mol. The fourth-order valence-electron chi connectivity index (χ4n) is 1.97. The molecule has 1 aliphatic rings. The highest BCUT2D eigenvalue weighted by Crippen LogP contribution is 2.20. The number of carbonyl (C=O) groups is 1. The summed E-state index contributed by atoms with van der Waals surface area (Å²) in [6.07, 6.45) is 8.00.